The van der Waals surface area contributed by atoms with Crippen LogP contribution in [0, 0.1) is 11.6 Å². The summed E-state index contributed by atoms with van der Waals surface area (Å²) in [6.45, 7) is 4.48. The van der Waals surface area contributed by atoms with Gasteiger partial charge in [0, 0.05) is 12.1 Å². The average molecular weight is 291 g/mol. The van der Waals surface area contributed by atoms with Crippen molar-refractivity contribution >= 4 is 9.84 Å². The highest BCUT2D eigenvalue weighted by molar-refractivity contribution is 7.91. The van der Waals surface area contributed by atoms with Crippen molar-refractivity contribution in [3.05, 3.63) is 29.8 Å². The van der Waals surface area contributed by atoms with E-state index in [0.717, 1.165) is 18.6 Å². The molecule has 0 fully saturated rings. The molecule has 0 aliphatic rings. The van der Waals surface area contributed by atoms with Crippen LogP contribution in [0.5, 0.6) is 0 Å². The Morgan fingerprint density at radius 1 is 1.26 bits per heavy atom. The topological polar surface area (TPSA) is 46.2 Å². The number of hydrogen-bond donors (Lipinski definition) is 1. The Morgan fingerprint density at radius 3 is 2.47 bits per heavy atom. The molecule has 0 radical (unpaired) electrons. The second kappa shape index (κ2) is 6.96. The fourth-order valence-electron chi connectivity index (χ4n) is 1.96. The Bertz CT molecular complexity index is 511. The molecule has 6 heteroatoms. The summed E-state index contributed by atoms with van der Waals surface area (Å²) in [5, 5.41) is 3.06. The van der Waals surface area contributed by atoms with E-state index >= 15 is 0 Å². The lowest BCUT2D eigenvalue weighted by Crippen LogP contribution is -2.35. The van der Waals surface area contributed by atoms with E-state index in [1.165, 1.54) is 0 Å². The molecule has 0 amide bonds. The minimum atomic E-state index is -3.76. The van der Waals surface area contributed by atoms with Crippen molar-refractivity contribution in [3.8, 4) is 0 Å². The highest BCUT2D eigenvalue weighted by atomic mass is 32.2. The Morgan fingerprint density at radius 2 is 1.95 bits per heavy atom. The van der Waals surface area contributed by atoms with Gasteiger partial charge >= 0.3 is 0 Å². The van der Waals surface area contributed by atoms with Crippen molar-refractivity contribution in [2.24, 2.45) is 0 Å². The van der Waals surface area contributed by atoms with Crippen molar-refractivity contribution in [1.82, 2.24) is 5.32 Å². The van der Waals surface area contributed by atoms with E-state index in [1.807, 2.05) is 13.8 Å². The van der Waals surface area contributed by atoms with E-state index in [-0.39, 0.29) is 11.8 Å². The number of halogens is 2. The monoisotopic (exact) mass is 291 g/mol. The van der Waals surface area contributed by atoms with Gasteiger partial charge in [-0.3, -0.25) is 0 Å². The number of rotatable bonds is 7. The zero-order valence-corrected chi connectivity index (χ0v) is 11.9. The SMILES string of the molecule is CCCC(CS(=O)(=O)c1ccc(F)cc1F)NCC. The lowest BCUT2D eigenvalue weighted by atomic mass is 10.2. The van der Waals surface area contributed by atoms with E-state index < -0.39 is 26.4 Å². The molecule has 0 aromatic heterocycles. The van der Waals surface area contributed by atoms with E-state index in [1.54, 1.807) is 0 Å². The van der Waals surface area contributed by atoms with Gasteiger partial charge in [0.2, 0.25) is 0 Å². The van der Waals surface area contributed by atoms with Crippen LogP contribution in [0.25, 0.3) is 0 Å². The molecule has 1 rings (SSSR count). The quantitative estimate of drug-likeness (QED) is 0.785. The van der Waals surface area contributed by atoms with Gasteiger partial charge in [0.15, 0.2) is 9.84 Å². The highest BCUT2D eigenvalue weighted by Crippen LogP contribution is 2.18. The smallest absolute Gasteiger partial charge is 0.182 e. The van der Waals surface area contributed by atoms with Crippen LogP contribution in [0.2, 0.25) is 0 Å². The third-order valence-corrected chi connectivity index (χ3v) is 4.62. The summed E-state index contributed by atoms with van der Waals surface area (Å²) in [5.74, 6) is -2.00. The van der Waals surface area contributed by atoms with Crippen LogP contribution in [0.1, 0.15) is 26.7 Å². The standard InChI is InChI=1S/C13H19F2NO2S/c1-3-5-11(16-4-2)9-19(17,18)13-7-6-10(14)8-12(13)15/h6-8,11,16H,3-5,9H2,1-2H3. The number of sulfone groups is 1. The fourth-order valence-corrected chi connectivity index (χ4v) is 3.59. The molecule has 0 aliphatic heterocycles. The molecule has 108 valence electrons. The minimum Gasteiger partial charge on any atom is -0.313 e. The summed E-state index contributed by atoms with van der Waals surface area (Å²) >= 11 is 0. The molecule has 1 atom stereocenters. The summed E-state index contributed by atoms with van der Waals surface area (Å²) in [6.07, 6.45) is 1.52. The van der Waals surface area contributed by atoms with Crippen LogP contribution in [-0.4, -0.2) is 26.8 Å². The van der Waals surface area contributed by atoms with Crippen LogP contribution in [0.4, 0.5) is 8.78 Å². The second-order valence-electron chi connectivity index (χ2n) is 4.40. The molecule has 0 saturated heterocycles. The Labute approximate surface area is 112 Å². The second-order valence-corrected chi connectivity index (χ2v) is 6.40. The van der Waals surface area contributed by atoms with E-state index in [9.17, 15) is 17.2 Å². The maximum atomic E-state index is 13.5. The first-order valence-corrected chi connectivity index (χ1v) is 7.97. The molecule has 1 unspecified atom stereocenters. The summed E-state index contributed by atoms with van der Waals surface area (Å²) in [4.78, 5) is -0.437. The predicted molar refractivity (Wildman–Crippen MR) is 70.8 cm³/mol. The minimum absolute atomic E-state index is 0.183. The van der Waals surface area contributed by atoms with E-state index in [0.29, 0.717) is 19.0 Å². The van der Waals surface area contributed by atoms with E-state index in [4.69, 9.17) is 0 Å². The van der Waals surface area contributed by atoms with Crippen molar-refractivity contribution in [1.29, 1.82) is 0 Å². The molecule has 0 bridgehead atoms. The van der Waals surface area contributed by atoms with E-state index in [2.05, 4.69) is 5.32 Å². The maximum Gasteiger partial charge on any atom is 0.182 e. The first-order chi connectivity index (χ1) is 8.90. The summed E-state index contributed by atoms with van der Waals surface area (Å²) in [7, 11) is -3.76. The highest BCUT2D eigenvalue weighted by Gasteiger charge is 2.23. The molecule has 19 heavy (non-hydrogen) atoms. The first-order valence-electron chi connectivity index (χ1n) is 6.32. The Hall–Kier alpha value is -1.01. The summed E-state index contributed by atoms with van der Waals surface area (Å²) in [6, 6.07) is 2.31. The van der Waals surface area contributed by atoms with Gasteiger partial charge in [-0.25, -0.2) is 17.2 Å². The van der Waals surface area contributed by atoms with Gasteiger partial charge < -0.3 is 5.32 Å². The molecule has 0 saturated carbocycles. The number of benzene rings is 1. The largest absolute Gasteiger partial charge is 0.313 e. The van der Waals surface area contributed by atoms with Crippen molar-refractivity contribution in [2.45, 2.75) is 37.6 Å². The van der Waals surface area contributed by atoms with Crippen molar-refractivity contribution in [2.75, 3.05) is 12.3 Å². The van der Waals surface area contributed by atoms with Gasteiger partial charge in [0.05, 0.1) is 5.75 Å². The van der Waals surface area contributed by atoms with Gasteiger partial charge in [-0.2, -0.15) is 0 Å². The molecular formula is C13H19F2NO2S. The molecule has 1 N–H and O–H groups in total. The van der Waals surface area contributed by atoms with Crippen LogP contribution in [0.3, 0.4) is 0 Å². The van der Waals surface area contributed by atoms with Gasteiger partial charge in [-0.1, -0.05) is 20.3 Å². The summed E-state index contributed by atoms with van der Waals surface area (Å²) in [5.41, 5.74) is 0. The molecule has 0 heterocycles. The number of nitrogens with one attached hydrogen (secondary N) is 1. The first kappa shape index (κ1) is 16.0. The van der Waals surface area contributed by atoms with Gasteiger partial charge in [-0.05, 0) is 25.1 Å². The van der Waals surface area contributed by atoms with Crippen molar-refractivity contribution < 1.29 is 17.2 Å². The number of hydrogen-bond acceptors (Lipinski definition) is 3. The normalized spacial score (nSPS) is 13.5. The third kappa shape index (κ3) is 4.54. The van der Waals surface area contributed by atoms with Gasteiger partial charge in [0.25, 0.3) is 0 Å². The maximum absolute atomic E-state index is 13.5. The van der Waals surface area contributed by atoms with Crippen LogP contribution in [0.15, 0.2) is 23.1 Å². The van der Waals surface area contributed by atoms with Crippen LogP contribution < -0.4 is 5.32 Å². The van der Waals surface area contributed by atoms with Crippen LogP contribution >= 0.6 is 0 Å². The Kier molecular flexibility index (Phi) is 5.87. The molecule has 1 aromatic carbocycles. The Balaban J connectivity index is 2.96. The lowest BCUT2D eigenvalue weighted by molar-refractivity contribution is 0.507. The zero-order chi connectivity index (χ0) is 14.5. The fraction of sp³-hybridized carbons (Fsp3) is 0.538. The molecular weight excluding hydrogens is 272 g/mol. The average Bonchev–Trinajstić information content (AvgIpc) is 2.28. The van der Waals surface area contributed by atoms with Crippen LogP contribution in [-0.2, 0) is 9.84 Å². The molecule has 1 aromatic rings. The van der Waals surface area contributed by atoms with Crippen molar-refractivity contribution in [3.63, 3.8) is 0 Å². The lowest BCUT2D eigenvalue weighted by Gasteiger charge is -2.17. The predicted octanol–water partition coefficient (Wildman–Crippen LogP) is 2.52. The van der Waals surface area contributed by atoms with Gasteiger partial charge in [-0.15, -0.1) is 0 Å². The zero-order valence-electron chi connectivity index (χ0n) is 11.1. The van der Waals surface area contributed by atoms with Gasteiger partial charge in [0.1, 0.15) is 16.5 Å². The molecule has 3 nitrogen and oxygen atoms in total. The molecule has 0 spiro atoms. The summed E-state index contributed by atoms with van der Waals surface area (Å²) < 4.78 is 50.6. The molecule has 0 aliphatic carbocycles. The third-order valence-electron chi connectivity index (χ3n) is 2.78.